The number of thiocarbonyl (C=S) groups is 1. The van der Waals surface area contributed by atoms with Gasteiger partial charge in [-0.1, -0.05) is 37.2 Å². The summed E-state index contributed by atoms with van der Waals surface area (Å²) in [7, 11) is 0. The number of hydrogen-bond donors (Lipinski definition) is 2. The molecule has 2 rings (SSSR count). The standard InChI is InChI=1S/C18H19ClN2O2S/c1-2-3-12-20-17(24)13-4-10-16(11-5-13)23-18(22)21-15-8-6-14(19)7-9-15/h4-11H,2-3,12H2,1H3,(H,20,24)(H,21,22). The quantitative estimate of drug-likeness (QED) is 0.559. The number of benzene rings is 2. The summed E-state index contributed by atoms with van der Waals surface area (Å²) >= 11 is 11.1. The molecule has 6 heteroatoms. The van der Waals surface area contributed by atoms with Crippen LogP contribution in [0.5, 0.6) is 5.75 Å². The normalized spacial score (nSPS) is 10.1. The molecule has 0 aliphatic heterocycles. The van der Waals surface area contributed by atoms with E-state index in [0.29, 0.717) is 21.4 Å². The van der Waals surface area contributed by atoms with Crippen molar-refractivity contribution in [2.45, 2.75) is 19.8 Å². The fourth-order valence-electron chi connectivity index (χ4n) is 1.94. The van der Waals surface area contributed by atoms with Crippen molar-refractivity contribution < 1.29 is 9.53 Å². The summed E-state index contributed by atoms with van der Waals surface area (Å²) in [6.45, 7) is 2.99. The molecule has 0 radical (unpaired) electrons. The number of amides is 1. The molecular weight excluding hydrogens is 344 g/mol. The molecule has 0 heterocycles. The van der Waals surface area contributed by atoms with Crippen molar-refractivity contribution in [3.63, 3.8) is 0 Å². The molecule has 0 saturated carbocycles. The van der Waals surface area contributed by atoms with E-state index in [9.17, 15) is 4.79 Å². The Morgan fingerprint density at radius 2 is 1.79 bits per heavy atom. The molecule has 0 aliphatic rings. The maximum absolute atomic E-state index is 11.9. The molecule has 0 aromatic heterocycles. The molecule has 24 heavy (non-hydrogen) atoms. The number of hydrogen-bond acceptors (Lipinski definition) is 3. The van der Waals surface area contributed by atoms with Gasteiger partial charge < -0.3 is 10.1 Å². The minimum Gasteiger partial charge on any atom is -0.410 e. The van der Waals surface area contributed by atoms with Crippen LogP contribution in [0, 0.1) is 0 Å². The van der Waals surface area contributed by atoms with Crippen molar-refractivity contribution >= 4 is 40.6 Å². The van der Waals surface area contributed by atoms with Crippen LogP contribution >= 0.6 is 23.8 Å². The van der Waals surface area contributed by atoms with Crippen molar-refractivity contribution in [3.05, 3.63) is 59.1 Å². The smallest absolute Gasteiger partial charge is 0.410 e. The van der Waals surface area contributed by atoms with E-state index in [4.69, 9.17) is 28.6 Å². The van der Waals surface area contributed by atoms with Gasteiger partial charge >= 0.3 is 6.09 Å². The molecule has 0 saturated heterocycles. The summed E-state index contributed by atoms with van der Waals surface area (Å²) in [6, 6.07) is 13.9. The van der Waals surface area contributed by atoms with Crippen LogP contribution in [0.25, 0.3) is 0 Å². The van der Waals surface area contributed by atoms with Gasteiger partial charge in [-0.05, 0) is 55.0 Å². The highest BCUT2D eigenvalue weighted by atomic mass is 35.5. The summed E-state index contributed by atoms with van der Waals surface area (Å²) in [4.78, 5) is 12.6. The molecule has 2 N–H and O–H groups in total. The van der Waals surface area contributed by atoms with E-state index in [-0.39, 0.29) is 0 Å². The predicted molar refractivity (Wildman–Crippen MR) is 102 cm³/mol. The Labute approximate surface area is 152 Å². The van der Waals surface area contributed by atoms with Gasteiger partial charge in [0.15, 0.2) is 0 Å². The first kappa shape index (κ1) is 18.2. The molecule has 2 aromatic rings. The van der Waals surface area contributed by atoms with Gasteiger partial charge in [0.25, 0.3) is 0 Å². The number of carbonyl (C=O) groups is 1. The Bertz CT molecular complexity index is 687. The summed E-state index contributed by atoms with van der Waals surface area (Å²) < 4.78 is 5.24. The van der Waals surface area contributed by atoms with Crippen molar-refractivity contribution in [1.29, 1.82) is 0 Å². The second-order valence-electron chi connectivity index (χ2n) is 5.16. The Kier molecular flexibility index (Phi) is 7.03. The van der Waals surface area contributed by atoms with Crippen molar-refractivity contribution in [1.82, 2.24) is 5.32 Å². The van der Waals surface area contributed by atoms with Crippen molar-refractivity contribution in [3.8, 4) is 5.75 Å². The molecule has 2 aromatic carbocycles. The Morgan fingerprint density at radius 1 is 1.12 bits per heavy atom. The lowest BCUT2D eigenvalue weighted by molar-refractivity contribution is 0.215. The summed E-state index contributed by atoms with van der Waals surface area (Å²) in [5.41, 5.74) is 1.51. The lowest BCUT2D eigenvalue weighted by Crippen LogP contribution is -2.23. The lowest BCUT2D eigenvalue weighted by atomic mass is 10.2. The number of carbonyl (C=O) groups excluding carboxylic acids is 1. The van der Waals surface area contributed by atoms with E-state index < -0.39 is 6.09 Å². The molecule has 0 fully saturated rings. The predicted octanol–water partition coefficient (Wildman–Crippen LogP) is 5.02. The largest absolute Gasteiger partial charge is 0.417 e. The number of halogens is 1. The van der Waals surface area contributed by atoms with Crippen LogP contribution in [-0.2, 0) is 0 Å². The van der Waals surface area contributed by atoms with E-state index in [1.54, 1.807) is 36.4 Å². The highest BCUT2D eigenvalue weighted by Gasteiger charge is 2.06. The minimum atomic E-state index is -0.561. The molecule has 0 spiro atoms. The van der Waals surface area contributed by atoms with Crippen LogP contribution < -0.4 is 15.4 Å². The zero-order valence-electron chi connectivity index (χ0n) is 13.3. The molecule has 4 nitrogen and oxygen atoms in total. The molecular formula is C18H19ClN2O2S. The SMILES string of the molecule is CCCCNC(=S)c1ccc(OC(=O)Nc2ccc(Cl)cc2)cc1. The second-order valence-corrected chi connectivity index (χ2v) is 6.00. The first-order valence-corrected chi connectivity index (χ1v) is 8.50. The van der Waals surface area contributed by atoms with Gasteiger partial charge in [0, 0.05) is 22.8 Å². The lowest BCUT2D eigenvalue weighted by Gasteiger charge is -2.09. The maximum Gasteiger partial charge on any atom is 0.417 e. The van der Waals surface area contributed by atoms with E-state index in [1.165, 1.54) is 0 Å². The van der Waals surface area contributed by atoms with Crippen LogP contribution in [0.1, 0.15) is 25.3 Å². The van der Waals surface area contributed by atoms with Gasteiger partial charge in [0.1, 0.15) is 10.7 Å². The average Bonchev–Trinajstić information content (AvgIpc) is 2.58. The topological polar surface area (TPSA) is 50.4 Å². The zero-order valence-corrected chi connectivity index (χ0v) is 14.9. The number of unbranched alkanes of at least 4 members (excludes halogenated alkanes) is 1. The number of rotatable bonds is 6. The van der Waals surface area contributed by atoms with Crippen LogP contribution in [-0.4, -0.2) is 17.6 Å². The number of nitrogens with one attached hydrogen (secondary N) is 2. The fraction of sp³-hybridized carbons (Fsp3) is 0.222. The molecule has 0 bridgehead atoms. The van der Waals surface area contributed by atoms with Gasteiger partial charge in [0.2, 0.25) is 0 Å². The Hall–Kier alpha value is -2.11. The highest BCUT2D eigenvalue weighted by Crippen LogP contribution is 2.16. The van der Waals surface area contributed by atoms with Crippen LogP contribution in [0.2, 0.25) is 5.02 Å². The summed E-state index contributed by atoms with van der Waals surface area (Å²) in [5, 5.41) is 6.43. The number of ether oxygens (including phenoxy) is 1. The van der Waals surface area contributed by atoms with Crippen LogP contribution in [0.4, 0.5) is 10.5 Å². The maximum atomic E-state index is 11.9. The fourth-order valence-corrected chi connectivity index (χ4v) is 2.30. The van der Waals surface area contributed by atoms with Crippen LogP contribution in [0.15, 0.2) is 48.5 Å². The zero-order chi connectivity index (χ0) is 17.4. The van der Waals surface area contributed by atoms with Gasteiger partial charge in [-0.3, -0.25) is 5.32 Å². The molecule has 0 atom stereocenters. The monoisotopic (exact) mass is 362 g/mol. The van der Waals surface area contributed by atoms with Gasteiger partial charge in [-0.2, -0.15) is 0 Å². The average molecular weight is 363 g/mol. The molecule has 0 aliphatic carbocycles. The first-order valence-electron chi connectivity index (χ1n) is 7.71. The molecule has 1 amide bonds. The summed E-state index contributed by atoms with van der Waals surface area (Å²) in [5.74, 6) is 0.446. The van der Waals surface area contributed by atoms with Crippen LogP contribution in [0.3, 0.4) is 0 Å². The van der Waals surface area contributed by atoms with Gasteiger partial charge in [0.05, 0.1) is 0 Å². The Balaban J connectivity index is 1.87. The minimum absolute atomic E-state index is 0.446. The van der Waals surface area contributed by atoms with Crippen molar-refractivity contribution in [2.24, 2.45) is 0 Å². The Morgan fingerprint density at radius 3 is 2.42 bits per heavy atom. The third kappa shape index (κ3) is 5.83. The third-order valence-electron chi connectivity index (χ3n) is 3.23. The second kappa shape index (κ2) is 9.25. The van der Waals surface area contributed by atoms with E-state index in [1.807, 2.05) is 12.1 Å². The van der Waals surface area contributed by atoms with Gasteiger partial charge in [-0.25, -0.2) is 4.79 Å². The number of anilines is 1. The van der Waals surface area contributed by atoms with E-state index in [0.717, 1.165) is 24.9 Å². The first-order chi connectivity index (χ1) is 11.6. The molecule has 126 valence electrons. The van der Waals surface area contributed by atoms with Gasteiger partial charge in [-0.15, -0.1) is 0 Å². The third-order valence-corrected chi connectivity index (χ3v) is 3.87. The molecule has 0 unspecified atom stereocenters. The van der Waals surface area contributed by atoms with E-state index in [2.05, 4.69) is 17.6 Å². The van der Waals surface area contributed by atoms with E-state index >= 15 is 0 Å². The summed E-state index contributed by atoms with van der Waals surface area (Å²) in [6.07, 6.45) is 1.63. The van der Waals surface area contributed by atoms with Crippen molar-refractivity contribution in [2.75, 3.05) is 11.9 Å². The highest BCUT2D eigenvalue weighted by molar-refractivity contribution is 7.80.